The number of benzene rings is 2. The van der Waals surface area contributed by atoms with E-state index in [0.29, 0.717) is 17.3 Å². The van der Waals surface area contributed by atoms with Crippen molar-refractivity contribution in [2.75, 3.05) is 28.6 Å². The number of hydrogen-bond acceptors (Lipinski definition) is 6. The van der Waals surface area contributed by atoms with Crippen molar-refractivity contribution in [3.63, 3.8) is 0 Å². The number of nitrogens with one attached hydrogen (secondary N) is 2. The lowest BCUT2D eigenvalue weighted by atomic mass is 10.2. The van der Waals surface area contributed by atoms with Gasteiger partial charge in [-0.3, -0.25) is 0 Å². The molecule has 3 N–H and O–H groups in total. The Bertz CT molecular complexity index is 969. The molecule has 0 aliphatic carbocycles. The van der Waals surface area contributed by atoms with Gasteiger partial charge in [-0.1, -0.05) is 12.1 Å². The molecule has 0 saturated carbocycles. The highest BCUT2D eigenvalue weighted by Gasteiger charge is 2.12. The highest BCUT2D eigenvalue weighted by Crippen LogP contribution is 2.25. The third-order valence-corrected chi connectivity index (χ3v) is 4.70. The number of aromatic nitrogens is 2. The predicted octanol–water partition coefficient (Wildman–Crippen LogP) is 4.26. The van der Waals surface area contributed by atoms with Crippen LogP contribution in [0.2, 0.25) is 0 Å². The minimum Gasteiger partial charge on any atom is -0.478 e. The summed E-state index contributed by atoms with van der Waals surface area (Å²) in [6.07, 6.45) is 3.94. The third kappa shape index (κ3) is 4.03. The van der Waals surface area contributed by atoms with Crippen LogP contribution in [0.5, 0.6) is 0 Å². The summed E-state index contributed by atoms with van der Waals surface area (Å²) in [4.78, 5) is 22.2. The molecule has 0 spiro atoms. The van der Waals surface area contributed by atoms with Gasteiger partial charge in [-0.05, 0) is 49.2 Å². The molecule has 2 heterocycles. The van der Waals surface area contributed by atoms with Gasteiger partial charge in [0.05, 0.1) is 11.3 Å². The fourth-order valence-electron chi connectivity index (χ4n) is 3.29. The molecule has 2 aromatic carbocycles. The van der Waals surface area contributed by atoms with Crippen LogP contribution in [-0.2, 0) is 0 Å². The normalized spacial score (nSPS) is 13.4. The maximum atomic E-state index is 11.4. The minimum absolute atomic E-state index is 0.188. The van der Waals surface area contributed by atoms with Crippen LogP contribution in [0.3, 0.4) is 0 Å². The van der Waals surface area contributed by atoms with Crippen molar-refractivity contribution in [2.45, 2.75) is 12.8 Å². The minimum atomic E-state index is -0.992. The fraction of sp³-hybridized carbons (Fsp3) is 0.190. The molecule has 0 amide bonds. The van der Waals surface area contributed by atoms with Gasteiger partial charge in [0.25, 0.3) is 0 Å². The maximum Gasteiger partial charge on any atom is 0.337 e. The van der Waals surface area contributed by atoms with E-state index in [1.807, 2.05) is 12.1 Å². The fourth-order valence-corrected chi connectivity index (χ4v) is 3.29. The SMILES string of the molecule is O=C(O)c1ccccc1Nc1cc(Nc2ccc(N3CCCC3)cc2)ncn1. The number of hydrogen-bond donors (Lipinski definition) is 3. The lowest BCUT2D eigenvalue weighted by molar-refractivity contribution is 0.0698. The average Bonchev–Trinajstić information content (AvgIpc) is 3.24. The number of carboxylic acid groups (broad SMARTS) is 1. The van der Waals surface area contributed by atoms with Crippen molar-refractivity contribution in [1.29, 1.82) is 0 Å². The quantitative estimate of drug-likeness (QED) is 0.593. The zero-order chi connectivity index (χ0) is 19.3. The molecule has 28 heavy (non-hydrogen) atoms. The second kappa shape index (κ2) is 7.96. The van der Waals surface area contributed by atoms with E-state index in [1.54, 1.807) is 30.3 Å². The van der Waals surface area contributed by atoms with E-state index in [-0.39, 0.29) is 5.56 Å². The zero-order valence-corrected chi connectivity index (χ0v) is 15.3. The van der Waals surface area contributed by atoms with Crippen LogP contribution in [0.4, 0.5) is 28.7 Å². The van der Waals surface area contributed by atoms with Gasteiger partial charge >= 0.3 is 5.97 Å². The Kier molecular flexibility index (Phi) is 5.05. The Balaban J connectivity index is 1.47. The Labute approximate surface area is 163 Å². The predicted molar refractivity (Wildman–Crippen MR) is 110 cm³/mol. The first-order chi connectivity index (χ1) is 13.7. The molecule has 0 radical (unpaired) electrons. The molecule has 1 saturated heterocycles. The van der Waals surface area contributed by atoms with E-state index in [0.717, 1.165) is 18.8 Å². The molecule has 0 bridgehead atoms. The van der Waals surface area contributed by atoms with Crippen LogP contribution in [0.15, 0.2) is 60.9 Å². The Morgan fingerprint density at radius 3 is 2.32 bits per heavy atom. The van der Waals surface area contributed by atoms with E-state index in [9.17, 15) is 9.90 Å². The molecule has 1 aliphatic rings. The molecule has 0 unspecified atom stereocenters. The van der Waals surface area contributed by atoms with Gasteiger partial charge in [0.1, 0.15) is 18.0 Å². The number of rotatable bonds is 6. The second-order valence-electron chi connectivity index (χ2n) is 6.63. The Morgan fingerprint density at radius 2 is 1.61 bits per heavy atom. The van der Waals surface area contributed by atoms with Gasteiger partial charge in [0.15, 0.2) is 0 Å². The average molecular weight is 375 g/mol. The summed E-state index contributed by atoms with van der Waals surface area (Å²) in [6, 6.07) is 16.7. The molecule has 3 aromatic rings. The molecule has 0 atom stereocenters. The lowest BCUT2D eigenvalue weighted by Gasteiger charge is -2.18. The molecule has 1 fully saturated rings. The smallest absolute Gasteiger partial charge is 0.337 e. The Morgan fingerprint density at radius 1 is 0.929 bits per heavy atom. The molecular weight excluding hydrogens is 354 g/mol. The van der Waals surface area contributed by atoms with Crippen molar-refractivity contribution >= 4 is 34.7 Å². The van der Waals surface area contributed by atoms with Crippen LogP contribution in [-0.4, -0.2) is 34.1 Å². The molecule has 1 aromatic heterocycles. The van der Waals surface area contributed by atoms with Gasteiger partial charge in [-0.15, -0.1) is 0 Å². The van der Waals surface area contributed by atoms with E-state index >= 15 is 0 Å². The first kappa shape index (κ1) is 17.8. The van der Waals surface area contributed by atoms with Gasteiger partial charge in [-0.2, -0.15) is 0 Å². The first-order valence-corrected chi connectivity index (χ1v) is 9.22. The monoisotopic (exact) mass is 375 g/mol. The van der Waals surface area contributed by atoms with Crippen LogP contribution >= 0.6 is 0 Å². The summed E-state index contributed by atoms with van der Waals surface area (Å²) in [6.45, 7) is 2.23. The molecular formula is C21H21N5O2. The van der Waals surface area contributed by atoms with Crippen molar-refractivity contribution in [3.8, 4) is 0 Å². The highest BCUT2D eigenvalue weighted by molar-refractivity contribution is 5.95. The third-order valence-electron chi connectivity index (χ3n) is 4.70. The van der Waals surface area contributed by atoms with Crippen LogP contribution < -0.4 is 15.5 Å². The Hall–Kier alpha value is -3.61. The summed E-state index contributed by atoms with van der Waals surface area (Å²) in [5.74, 6) is 0.146. The molecule has 7 nitrogen and oxygen atoms in total. The van der Waals surface area contributed by atoms with Gasteiger partial charge < -0.3 is 20.6 Å². The van der Waals surface area contributed by atoms with Crippen LogP contribution in [0.25, 0.3) is 0 Å². The molecule has 142 valence electrons. The number of aromatic carboxylic acids is 1. The number of carbonyl (C=O) groups is 1. The van der Waals surface area contributed by atoms with Crippen LogP contribution in [0.1, 0.15) is 23.2 Å². The molecule has 1 aliphatic heterocycles. The second-order valence-corrected chi connectivity index (χ2v) is 6.63. The largest absolute Gasteiger partial charge is 0.478 e. The van der Waals surface area contributed by atoms with Gasteiger partial charge in [0.2, 0.25) is 0 Å². The van der Waals surface area contributed by atoms with E-state index in [2.05, 4.69) is 37.6 Å². The highest BCUT2D eigenvalue weighted by atomic mass is 16.4. The number of anilines is 5. The van der Waals surface area contributed by atoms with Gasteiger partial charge in [-0.25, -0.2) is 14.8 Å². The summed E-state index contributed by atoms with van der Waals surface area (Å²) >= 11 is 0. The van der Waals surface area contributed by atoms with Crippen molar-refractivity contribution in [2.24, 2.45) is 0 Å². The van der Waals surface area contributed by atoms with E-state index in [1.165, 1.54) is 24.9 Å². The molecule has 7 heteroatoms. The van der Waals surface area contributed by atoms with E-state index < -0.39 is 5.97 Å². The standard InChI is InChI=1S/C21H21N5O2/c27-21(28)17-5-1-2-6-18(17)25-20-13-19(22-14-23-20)24-15-7-9-16(10-8-15)26-11-3-4-12-26/h1-2,5-10,13-14H,3-4,11-12H2,(H,27,28)(H2,22,23,24,25). The van der Waals surface area contributed by atoms with Gasteiger partial charge in [0, 0.05) is 30.5 Å². The summed E-state index contributed by atoms with van der Waals surface area (Å²) < 4.78 is 0. The van der Waals surface area contributed by atoms with Crippen molar-refractivity contribution < 1.29 is 9.90 Å². The first-order valence-electron chi connectivity index (χ1n) is 9.22. The number of para-hydroxylation sites is 1. The summed E-state index contributed by atoms with van der Waals surface area (Å²) in [5, 5.41) is 15.6. The zero-order valence-electron chi connectivity index (χ0n) is 15.3. The summed E-state index contributed by atoms with van der Waals surface area (Å²) in [5.41, 5.74) is 2.83. The van der Waals surface area contributed by atoms with E-state index in [4.69, 9.17) is 0 Å². The number of carboxylic acids is 1. The van der Waals surface area contributed by atoms with Crippen molar-refractivity contribution in [1.82, 2.24) is 9.97 Å². The lowest BCUT2D eigenvalue weighted by Crippen LogP contribution is -2.17. The topological polar surface area (TPSA) is 90.4 Å². The number of nitrogens with zero attached hydrogens (tertiary/aromatic N) is 3. The summed E-state index contributed by atoms with van der Waals surface area (Å²) in [7, 11) is 0. The van der Waals surface area contributed by atoms with Crippen LogP contribution in [0, 0.1) is 0 Å². The van der Waals surface area contributed by atoms with Crippen molar-refractivity contribution in [3.05, 3.63) is 66.5 Å². The molecule has 4 rings (SSSR count). The maximum absolute atomic E-state index is 11.4.